The van der Waals surface area contributed by atoms with Crippen LogP contribution < -0.4 is 5.73 Å². The molecule has 0 spiro atoms. The van der Waals surface area contributed by atoms with Crippen LogP contribution in [0.3, 0.4) is 0 Å². The molecule has 0 unspecified atom stereocenters. The van der Waals surface area contributed by atoms with Crippen LogP contribution in [0.4, 0.5) is 5.82 Å². The zero-order valence-corrected chi connectivity index (χ0v) is 13.4. The summed E-state index contributed by atoms with van der Waals surface area (Å²) in [7, 11) is 0. The molecule has 0 aliphatic rings. The maximum Gasteiger partial charge on any atom is 0.161 e. The van der Waals surface area contributed by atoms with Crippen LogP contribution in [0.1, 0.15) is 25.5 Å². The monoisotopic (exact) mass is 389 g/mol. The van der Waals surface area contributed by atoms with Crippen LogP contribution in [0.15, 0.2) is 18.2 Å². The maximum atomic E-state index is 9.43. The molecule has 0 amide bonds. The van der Waals surface area contributed by atoms with E-state index in [1.165, 1.54) is 6.07 Å². The average molecular weight is 390 g/mol. The lowest BCUT2D eigenvalue weighted by Gasteiger charge is -2.11. The van der Waals surface area contributed by atoms with Gasteiger partial charge in [0.25, 0.3) is 0 Å². The molecule has 19 heavy (non-hydrogen) atoms. The Labute approximate surface area is 130 Å². The molecule has 3 N–H and O–H groups in total. The van der Waals surface area contributed by atoms with E-state index in [-0.39, 0.29) is 16.7 Å². The average Bonchev–Trinajstić information content (AvgIpc) is 2.35. The first-order valence-corrected chi connectivity index (χ1v) is 7.17. The van der Waals surface area contributed by atoms with Crippen molar-refractivity contribution in [3.8, 4) is 17.1 Å². The number of phenolic OH excluding ortho intramolecular Hbond substituents is 1. The number of halogens is 2. The van der Waals surface area contributed by atoms with Gasteiger partial charge >= 0.3 is 0 Å². The van der Waals surface area contributed by atoms with E-state index in [1.807, 2.05) is 0 Å². The number of nitrogens with zero attached hydrogens (tertiary/aromatic N) is 2. The molecule has 4 nitrogen and oxygen atoms in total. The van der Waals surface area contributed by atoms with Crippen molar-refractivity contribution >= 4 is 40.0 Å². The summed E-state index contributed by atoms with van der Waals surface area (Å²) < 4.78 is 0.876. The SMILES string of the molecule is CC(C)c1nc(-c2ccc(O)c(Cl)c2)nc(N)c1I. The molecule has 0 bridgehead atoms. The van der Waals surface area contributed by atoms with Gasteiger partial charge in [0, 0.05) is 5.56 Å². The molecular weight excluding hydrogens is 377 g/mol. The molecule has 0 aliphatic carbocycles. The number of aromatic hydroxyl groups is 1. The Morgan fingerprint density at radius 2 is 2.00 bits per heavy atom. The van der Waals surface area contributed by atoms with Crippen LogP contribution in [0.5, 0.6) is 5.75 Å². The van der Waals surface area contributed by atoms with Crippen molar-refractivity contribution in [2.24, 2.45) is 0 Å². The summed E-state index contributed by atoms with van der Waals surface area (Å²) in [6, 6.07) is 4.86. The second-order valence-electron chi connectivity index (χ2n) is 4.45. The first-order valence-electron chi connectivity index (χ1n) is 5.72. The van der Waals surface area contributed by atoms with Gasteiger partial charge in [-0.1, -0.05) is 25.4 Å². The van der Waals surface area contributed by atoms with Crippen LogP contribution in [-0.2, 0) is 0 Å². The standard InChI is InChI=1S/C13H13ClIN3O/c1-6(2)11-10(15)12(16)18-13(17-11)7-3-4-9(19)8(14)5-7/h3-6,19H,1-2H3,(H2,16,17,18). The third kappa shape index (κ3) is 2.92. The van der Waals surface area contributed by atoms with Crippen LogP contribution in [0, 0.1) is 3.57 Å². The van der Waals surface area contributed by atoms with E-state index in [9.17, 15) is 5.11 Å². The van der Waals surface area contributed by atoms with E-state index in [2.05, 4.69) is 46.4 Å². The van der Waals surface area contributed by atoms with Gasteiger partial charge in [-0.2, -0.15) is 0 Å². The van der Waals surface area contributed by atoms with Crippen molar-refractivity contribution < 1.29 is 5.11 Å². The van der Waals surface area contributed by atoms with Crippen LogP contribution in [0.2, 0.25) is 5.02 Å². The van der Waals surface area contributed by atoms with E-state index in [0.717, 1.165) is 14.8 Å². The van der Waals surface area contributed by atoms with Gasteiger partial charge in [0.05, 0.1) is 14.3 Å². The topological polar surface area (TPSA) is 72.0 Å². The highest BCUT2D eigenvalue weighted by atomic mass is 127. The molecule has 0 fully saturated rings. The third-order valence-corrected chi connectivity index (χ3v) is 4.06. The molecule has 1 aromatic heterocycles. The second kappa shape index (κ2) is 5.50. The van der Waals surface area contributed by atoms with Gasteiger partial charge in [-0.05, 0) is 46.7 Å². The van der Waals surface area contributed by atoms with Crippen molar-refractivity contribution in [2.75, 3.05) is 5.73 Å². The molecule has 6 heteroatoms. The van der Waals surface area contributed by atoms with Crippen LogP contribution >= 0.6 is 34.2 Å². The normalized spacial score (nSPS) is 11.0. The Morgan fingerprint density at radius 1 is 1.32 bits per heavy atom. The van der Waals surface area contributed by atoms with E-state index >= 15 is 0 Å². The summed E-state index contributed by atoms with van der Waals surface area (Å²) in [6.45, 7) is 4.11. The molecule has 0 saturated carbocycles. The number of benzene rings is 1. The Morgan fingerprint density at radius 3 is 2.58 bits per heavy atom. The number of hydrogen-bond donors (Lipinski definition) is 2. The summed E-state index contributed by atoms with van der Waals surface area (Å²) >= 11 is 8.05. The fourth-order valence-corrected chi connectivity index (χ4v) is 2.68. The highest BCUT2D eigenvalue weighted by Gasteiger charge is 2.14. The number of nitrogens with two attached hydrogens (primary N) is 1. The molecule has 2 aromatic rings. The van der Waals surface area contributed by atoms with Gasteiger partial charge in [-0.3, -0.25) is 0 Å². The minimum atomic E-state index is 0.0352. The van der Waals surface area contributed by atoms with Crippen molar-refractivity contribution in [3.05, 3.63) is 32.5 Å². The smallest absolute Gasteiger partial charge is 0.161 e. The van der Waals surface area contributed by atoms with Gasteiger partial charge in [-0.25, -0.2) is 9.97 Å². The molecule has 0 atom stereocenters. The van der Waals surface area contributed by atoms with Gasteiger partial charge < -0.3 is 10.8 Å². The summed E-state index contributed by atoms with van der Waals surface area (Å²) in [5.74, 6) is 1.26. The number of hydrogen-bond acceptors (Lipinski definition) is 4. The Balaban J connectivity index is 2.59. The first kappa shape index (κ1) is 14.3. The Kier molecular flexibility index (Phi) is 4.15. The molecule has 0 saturated heterocycles. The first-order chi connectivity index (χ1) is 8.90. The van der Waals surface area contributed by atoms with Crippen molar-refractivity contribution in [3.63, 3.8) is 0 Å². The van der Waals surface area contributed by atoms with Gasteiger partial charge in [-0.15, -0.1) is 0 Å². The van der Waals surface area contributed by atoms with Crippen molar-refractivity contribution in [2.45, 2.75) is 19.8 Å². The van der Waals surface area contributed by atoms with E-state index in [4.69, 9.17) is 17.3 Å². The quantitative estimate of drug-likeness (QED) is 0.766. The third-order valence-electron chi connectivity index (χ3n) is 2.66. The lowest BCUT2D eigenvalue weighted by atomic mass is 10.1. The number of phenols is 1. The number of nitrogen functional groups attached to an aromatic ring is 1. The fraction of sp³-hybridized carbons (Fsp3) is 0.231. The lowest BCUT2D eigenvalue weighted by molar-refractivity contribution is 0.475. The van der Waals surface area contributed by atoms with E-state index < -0.39 is 0 Å². The van der Waals surface area contributed by atoms with Crippen molar-refractivity contribution in [1.82, 2.24) is 9.97 Å². The molecule has 0 radical (unpaired) electrons. The van der Waals surface area contributed by atoms with Crippen LogP contribution in [-0.4, -0.2) is 15.1 Å². The number of rotatable bonds is 2. The minimum Gasteiger partial charge on any atom is -0.506 e. The zero-order valence-electron chi connectivity index (χ0n) is 10.5. The highest BCUT2D eigenvalue weighted by Crippen LogP contribution is 2.30. The molecule has 1 aromatic carbocycles. The molecule has 1 heterocycles. The predicted octanol–water partition coefficient (Wildman–Crippen LogP) is 3.81. The van der Waals surface area contributed by atoms with Gasteiger partial charge in [0.1, 0.15) is 11.6 Å². The summed E-state index contributed by atoms with van der Waals surface area (Å²) in [6.07, 6.45) is 0. The van der Waals surface area contributed by atoms with E-state index in [1.54, 1.807) is 12.1 Å². The van der Waals surface area contributed by atoms with Crippen molar-refractivity contribution in [1.29, 1.82) is 0 Å². The maximum absolute atomic E-state index is 9.43. The highest BCUT2D eigenvalue weighted by molar-refractivity contribution is 14.1. The van der Waals surface area contributed by atoms with Gasteiger partial charge in [0.15, 0.2) is 5.82 Å². The fourth-order valence-electron chi connectivity index (χ4n) is 1.64. The largest absolute Gasteiger partial charge is 0.506 e. The molecule has 2 rings (SSSR count). The Hall–Kier alpha value is -1.08. The summed E-state index contributed by atoms with van der Waals surface area (Å²) in [5.41, 5.74) is 7.56. The Bertz CT molecular complexity index is 632. The predicted molar refractivity (Wildman–Crippen MR) is 85.4 cm³/mol. The van der Waals surface area contributed by atoms with Gasteiger partial charge in [0.2, 0.25) is 0 Å². The number of aromatic nitrogens is 2. The minimum absolute atomic E-state index is 0.0352. The summed E-state index contributed by atoms with van der Waals surface area (Å²) in [4.78, 5) is 8.81. The summed E-state index contributed by atoms with van der Waals surface area (Å²) in [5, 5.41) is 9.70. The molecule has 0 aliphatic heterocycles. The lowest BCUT2D eigenvalue weighted by Crippen LogP contribution is -2.06. The number of anilines is 1. The molecular formula is C13H13ClIN3O. The van der Waals surface area contributed by atoms with E-state index in [0.29, 0.717) is 11.6 Å². The zero-order chi connectivity index (χ0) is 14.2. The second-order valence-corrected chi connectivity index (χ2v) is 5.94. The van der Waals surface area contributed by atoms with Crippen LogP contribution in [0.25, 0.3) is 11.4 Å². The molecule has 100 valence electrons.